The maximum Gasteiger partial charge on any atom is 0.0645 e. The van der Waals surface area contributed by atoms with Gasteiger partial charge in [-0.25, -0.2) is 0 Å². The molecule has 6 aromatic carbocycles. The highest BCUT2D eigenvalue weighted by Gasteiger charge is 2.18. The first-order valence-corrected chi connectivity index (χ1v) is 15.0. The van der Waals surface area contributed by atoms with Crippen LogP contribution in [0.1, 0.15) is 0 Å². The Hall–Kier alpha value is -5.93. The van der Waals surface area contributed by atoms with Gasteiger partial charge in [-0.2, -0.15) is 0 Å². The van der Waals surface area contributed by atoms with Crippen molar-refractivity contribution < 1.29 is 0 Å². The molecule has 0 N–H and O–H groups in total. The second kappa shape index (κ2) is 9.82. The molecule has 0 saturated heterocycles. The van der Waals surface area contributed by atoms with Gasteiger partial charge in [-0.05, 0) is 70.8 Å². The number of hydrogen-bond donors (Lipinski definition) is 0. The molecule has 0 atom stereocenters. The van der Waals surface area contributed by atoms with E-state index < -0.39 is 0 Å². The third-order valence-corrected chi connectivity index (χ3v) is 8.80. The Labute approximate surface area is 254 Å². The number of rotatable bonds is 4. The molecular weight excluding hydrogens is 534 g/mol. The average molecular weight is 562 g/mol. The Kier molecular flexibility index (Phi) is 5.50. The lowest BCUT2D eigenvalue weighted by molar-refractivity contribution is 1.14. The lowest BCUT2D eigenvalue weighted by Crippen LogP contribution is -1.95. The fourth-order valence-corrected chi connectivity index (χ4v) is 6.78. The largest absolute Gasteiger partial charge is 0.309 e. The van der Waals surface area contributed by atoms with E-state index in [1.54, 1.807) is 0 Å². The molecule has 0 fully saturated rings. The van der Waals surface area contributed by atoms with Gasteiger partial charge in [0.05, 0.1) is 34.0 Å². The SMILES string of the molecule is c1ccc(-c2ccc(-c3cccc(-n4c5ccccc5c5cc6c(cc54)c4ccccc4n6-c4cccnc4)c3)cc2)cc1. The molecule has 0 spiro atoms. The molecule has 0 bridgehead atoms. The fourth-order valence-electron chi connectivity index (χ4n) is 6.78. The van der Waals surface area contributed by atoms with Crippen LogP contribution in [-0.4, -0.2) is 14.1 Å². The van der Waals surface area contributed by atoms with Crippen molar-refractivity contribution in [1.29, 1.82) is 0 Å². The Morgan fingerprint density at radius 1 is 0.341 bits per heavy atom. The molecule has 9 rings (SSSR count). The summed E-state index contributed by atoms with van der Waals surface area (Å²) in [6, 6.07) is 54.6. The molecule has 44 heavy (non-hydrogen) atoms. The van der Waals surface area contributed by atoms with Crippen LogP contribution in [0.25, 0.3) is 77.2 Å². The van der Waals surface area contributed by atoms with E-state index in [-0.39, 0.29) is 0 Å². The van der Waals surface area contributed by atoms with Gasteiger partial charge < -0.3 is 9.13 Å². The zero-order valence-electron chi connectivity index (χ0n) is 23.9. The molecule has 0 aliphatic rings. The summed E-state index contributed by atoms with van der Waals surface area (Å²) in [6.45, 7) is 0. The summed E-state index contributed by atoms with van der Waals surface area (Å²) in [4.78, 5) is 4.44. The van der Waals surface area contributed by atoms with Crippen LogP contribution in [0.2, 0.25) is 0 Å². The van der Waals surface area contributed by atoms with Crippen LogP contribution in [0.5, 0.6) is 0 Å². The molecule has 206 valence electrons. The third kappa shape index (κ3) is 3.80. The van der Waals surface area contributed by atoms with E-state index in [0.717, 1.165) is 11.4 Å². The Morgan fingerprint density at radius 3 is 1.50 bits per heavy atom. The normalized spacial score (nSPS) is 11.6. The van der Waals surface area contributed by atoms with Crippen LogP contribution in [0.15, 0.2) is 164 Å². The first-order valence-electron chi connectivity index (χ1n) is 15.0. The number of aromatic nitrogens is 3. The van der Waals surface area contributed by atoms with Crippen LogP contribution in [-0.2, 0) is 0 Å². The summed E-state index contributed by atoms with van der Waals surface area (Å²) in [7, 11) is 0. The summed E-state index contributed by atoms with van der Waals surface area (Å²) in [5.41, 5.74) is 11.8. The monoisotopic (exact) mass is 561 g/mol. The Balaban J connectivity index is 1.27. The molecule has 3 nitrogen and oxygen atoms in total. The minimum Gasteiger partial charge on any atom is -0.309 e. The Bertz CT molecular complexity index is 2470. The minimum atomic E-state index is 1.06. The second-order valence-electron chi connectivity index (χ2n) is 11.3. The predicted molar refractivity (Wildman–Crippen MR) is 184 cm³/mol. The highest BCUT2D eigenvalue weighted by Crippen LogP contribution is 2.40. The Morgan fingerprint density at radius 2 is 0.864 bits per heavy atom. The van der Waals surface area contributed by atoms with Gasteiger partial charge in [0.1, 0.15) is 0 Å². The maximum atomic E-state index is 4.44. The molecule has 0 saturated carbocycles. The standard InChI is InChI=1S/C41H27N3/c1-2-10-28(11-3-1)29-19-21-30(22-20-29)31-12-8-13-32(24-31)43-38-17-6-4-15-34(38)36-26-41-37(25-40(36)43)35-16-5-7-18-39(35)44(41)33-14-9-23-42-27-33/h1-27H. The molecule has 0 aliphatic carbocycles. The molecule has 0 unspecified atom stereocenters. The number of hydrogen-bond acceptors (Lipinski definition) is 1. The molecule has 9 aromatic rings. The summed E-state index contributed by atoms with van der Waals surface area (Å²) in [5, 5.41) is 4.94. The quantitative estimate of drug-likeness (QED) is 0.210. The maximum absolute atomic E-state index is 4.44. The molecule has 0 radical (unpaired) electrons. The highest BCUT2D eigenvalue weighted by atomic mass is 15.0. The van der Waals surface area contributed by atoms with E-state index >= 15 is 0 Å². The first kappa shape index (κ1) is 24.6. The van der Waals surface area contributed by atoms with E-state index in [1.165, 1.54) is 65.9 Å². The molecule has 3 heterocycles. The van der Waals surface area contributed by atoms with E-state index in [0.29, 0.717) is 0 Å². The van der Waals surface area contributed by atoms with Crippen molar-refractivity contribution in [3.63, 3.8) is 0 Å². The van der Waals surface area contributed by atoms with Crippen LogP contribution < -0.4 is 0 Å². The van der Waals surface area contributed by atoms with Gasteiger partial charge in [0, 0.05) is 33.4 Å². The predicted octanol–water partition coefficient (Wildman–Crippen LogP) is 10.6. The van der Waals surface area contributed by atoms with E-state index in [9.17, 15) is 0 Å². The van der Waals surface area contributed by atoms with Crippen molar-refractivity contribution in [2.45, 2.75) is 0 Å². The van der Waals surface area contributed by atoms with E-state index in [2.05, 4.69) is 160 Å². The van der Waals surface area contributed by atoms with Gasteiger partial charge in [0.25, 0.3) is 0 Å². The van der Waals surface area contributed by atoms with Crippen LogP contribution in [0.4, 0.5) is 0 Å². The summed E-state index contributed by atoms with van der Waals surface area (Å²) < 4.78 is 4.76. The second-order valence-corrected chi connectivity index (χ2v) is 11.3. The first-order chi connectivity index (χ1) is 21.8. The van der Waals surface area contributed by atoms with Gasteiger partial charge in [0.15, 0.2) is 0 Å². The van der Waals surface area contributed by atoms with Gasteiger partial charge in [-0.15, -0.1) is 0 Å². The lowest BCUT2D eigenvalue weighted by Gasteiger charge is -2.11. The lowest BCUT2D eigenvalue weighted by atomic mass is 10.00. The molecular formula is C41H27N3. The number of nitrogens with zero attached hydrogens (tertiary/aromatic N) is 3. The van der Waals surface area contributed by atoms with Gasteiger partial charge in [0.2, 0.25) is 0 Å². The van der Waals surface area contributed by atoms with Gasteiger partial charge in [-0.1, -0.05) is 103 Å². The van der Waals surface area contributed by atoms with Crippen molar-refractivity contribution in [2.75, 3.05) is 0 Å². The molecule has 3 heteroatoms. The zero-order valence-corrected chi connectivity index (χ0v) is 23.9. The number of benzene rings is 6. The number of fused-ring (bicyclic) bond motifs is 6. The minimum absolute atomic E-state index is 1.06. The van der Waals surface area contributed by atoms with Gasteiger partial charge in [-0.3, -0.25) is 4.98 Å². The smallest absolute Gasteiger partial charge is 0.0645 e. The summed E-state index contributed by atoms with van der Waals surface area (Å²) >= 11 is 0. The van der Waals surface area contributed by atoms with Crippen molar-refractivity contribution in [2.24, 2.45) is 0 Å². The highest BCUT2D eigenvalue weighted by molar-refractivity contribution is 6.19. The number of pyridine rings is 1. The zero-order chi connectivity index (χ0) is 29.0. The van der Waals surface area contributed by atoms with Crippen molar-refractivity contribution in [1.82, 2.24) is 14.1 Å². The van der Waals surface area contributed by atoms with Crippen molar-refractivity contribution in [3.05, 3.63) is 164 Å². The van der Waals surface area contributed by atoms with Crippen molar-refractivity contribution in [3.8, 4) is 33.6 Å². The van der Waals surface area contributed by atoms with Crippen LogP contribution >= 0.6 is 0 Å². The van der Waals surface area contributed by atoms with Gasteiger partial charge >= 0.3 is 0 Å². The van der Waals surface area contributed by atoms with E-state index in [4.69, 9.17) is 0 Å². The van der Waals surface area contributed by atoms with E-state index in [1.807, 2.05) is 18.5 Å². The molecule has 3 aromatic heterocycles. The summed E-state index contributed by atoms with van der Waals surface area (Å²) in [5.74, 6) is 0. The average Bonchev–Trinajstić information content (AvgIpc) is 3.60. The molecule has 0 amide bonds. The van der Waals surface area contributed by atoms with Crippen molar-refractivity contribution >= 4 is 43.6 Å². The van der Waals surface area contributed by atoms with Crippen LogP contribution in [0, 0.1) is 0 Å². The fraction of sp³-hybridized carbons (Fsp3) is 0. The third-order valence-electron chi connectivity index (χ3n) is 8.80. The topological polar surface area (TPSA) is 22.8 Å². The van der Waals surface area contributed by atoms with Crippen LogP contribution in [0.3, 0.4) is 0 Å². The molecule has 0 aliphatic heterocycles. The summed E-state index contributed by atoms with van der Waals surface area (Å²) in [6.07, 6.45) is 3.77. The number of para-hydroxylation sites is 2.